The van der Waals surface area contributed by atoms with Crippen LogP contribution in [0.1, 0.15) is 23.0 Å². The van der Waals surface area contributed by atoms with E-state index in [2.05, 4.69) is 0 Å². The monoisotopic (exact) mass is 346 g/mol. The average Bonchev–Trinajstić information content (AvgIpc) is 2.91. The number of benzene rings is 2. The summed E-state index contributed by atoms with van der Waals surface area (Å²) >= 11 is 0. The van der Waals surface area contributed by atoms with E-state index in [1.807, 2.05) is 18.2 Å². The minimum absolute atomic E-state index is 0.0917. The fourth-order valence-electron chi connectivity index (χ4n) is 3.52. The van der Waals surface area contributed by atoms with Crippen LogP contribution in [0.15, 0.2) is 59.8 Å². The number of rotatable bonds is 2. The second kappa shape index (κ2) is 6.31. The first-order valence-electron chi connectivity index (χ1n) is 7.72. The molecule has 0 unspecified atom stereocenters. The van der Waals surface area contributed by atoms with Crippen LogP contribution in [0.2, 0.25) is 0 Å². The van der Waals surface area contributed by atoms with Gasteiger partial charge in [-0.15, -0.1) is 0 Å². The topological polar surface area (TPSA) is 97.4 Å². The van der Waals surface area contributed by atoms with Gasteiger partial charge in [0, 0.05) is 11.8 Å². The lowest BCUT2D eigenvalue weighted by atomic mass is 9.70. The first-order valence-corrected chi connectivity index (χ1v) is 7.72. The van der Waals surface area contributed by atoms with Crippen molar-refractivity contribution in [1.82, 2.24) is 0 Å². The van der Waals surface area contributed by atoms with Crippen LogP contribution in [0.4, 0.5) is 8.78 Å². The molecule has 0 saturated heterocycles. The molecule has 0 saturated carbocycles. The van der Waals surface area contributed by atoms with Crippen molar-refractivity contribution >= 4 is 0 Å². The molecule has 1 aliphatic rings. The number of nitrogens with two attached hydrogens (primary N) is 1. The van der Waals surface area contributed by atoms with Crippen molar-refractivity contribution in [2.75, 3.05) is 0 Å². The van der Waals surface area contributed by atoms with Crippen molar-refractivity contribution in [3.63, 3.8) is 0 Å². The first-order chi connectivity index (χ1) is 12.5. The highest BCUT2D eigenvalue weighted by Crippen LogP contribution is 2.57. The van der Waals surface area contributed by atoms with Gasteiger partial charge in [-0.1, -0.05) is 24.3 Å². The lowest BCUT2D eigenvalue weighted by molar-refractivity contribution is 0.474. The lowest BCUT2D eigenvalue weighted by Crippen LogP contribution is -2.29. The molecule has 6 heteroatoms. The standard InChI is InChI=1S/C20H12F2N4/c21-14-5-1-12(2-6-14)17-16(9-23)19(26)20(10-24,11-25)18(17)13-3-7-15(22)8-4-13/h1-8,17-18H,26H2/t17-,18+/m0/s1. The van der Waals surface area contributed by atoms with Crippen LogP contribution in [-0.2, 0) is 0 Å². The maximum atomic E-state index is 13.4. The van der Waals surface area contributed by atoms with Crippen molar-refractivity contribution in [1.29, 1.82) is 15.8 Å². The van der Waals surface area contributed by atoms with Crippen LogP contribution in [-0.4, -0.2) is 0 Å². The Balaban J connectivity index is 2.29. The highest BCUT2D eigenvalue weighted by atomic mass is 19.1. The molecule has 0 aliphatic heterocycles. The zero-order chi connectivity index (χ0) is 18.9. The Labute approximate surface area is 149 Å². The summed E-state index contributed by atoms with van der Waals surface area (Å²) < 4.78 is 26.7. The van der Waals surface area contributed by atoms with Gasteiger partial charge in [0.25, 0.3) is 0 Å². The summed E-state index contributed by atoms with van der Waals surface area (Å²) in [6.07, 6.45) is 0. The second-order valence-corrected chi connectivity index (χ2v) is 6.03. The van der Waals surface area contributed by atoms with E-state index in [9.17, 15) is 24.6 Å². The molecule has 2 aromatic rings. The molecule has 4 nitrogen and oxygen atoms in total. The first kappa shape index (κ1) is 17.1. The molecule has 126 valence electrons. The second-order valence-electron chi connectivity index (χ2n) is 6.03. The molecular formula is C20H12F2N4. The summed E-state index contributed by atoms with van der Waals surface area (Å²) in [5, 5.41) is 29.1. The number of allylic oxidation sites excluding steroid dienone is 2. The van der Waals surface area contributed by atoms with E-state index in [-0.39, 0.29) is 11.3 Å². The molecule has 0 radical (unpaired) electrons. The van der Waals surface area contributed by atoms with Crippen molar-refractivity contribution < 1.29 is 8.78 Å². The van der Waals surface area contributed by atoms with E-state index in [0.717, 1.165) is 0 Å². The van der Waals surface area contributed by atoms with Gasteiger partial charge in [-0.05, 0) is 35.4 Å². The van der Waals surface area contributed by atoms with Gasteiger partial charge in [0.05, 0.1) is 29.5 Å². The third-order valence-electron chi connectivity index (χ3n) is 4.76. The van der Waals surface area contributed by atoms with Crippen LogP contribution in [0.5, 0.6) is 0 Å². The zero-order valence-corrected chi connectivity index (χ0v) is 13.4. The molecule has 0 heterocycles. The molecule has 2 atom stereocenters. The molecule has 0 amide bonds. The summed E-state index contributed by atoms with van der Waals surface area (Å²) in [4.78, 5) is 0. The summed E-state index contributed by atoms with van der Waals surface area (Å²) in [6, 6.07) is 16.7. The third-order valence-corrected chi connectivity index (χ3v) is 4.76. The zero-order valence-electron chi connectivity index (χ0n) is 13.4. The van der Waals surface area contributed by atoms with E-state index in [1.54, 1.807) is 0 Å². The average molecular weight is 346 g/mol. The minimum atomic E-state index is -1.78. The van der Waals surface area contributed by atoms with Crippen molar-refractivity contribution in [3.05, 3.63) is 82.6 Å². The quantitative estimate of drug-likeness (QED) is 0.898. The van der Waals surface area contributed by atoms with E-state index < -0.39 is 28.9 Å². The molecule has 1 aliphatic carbocycles. The highest BCUT2D eigenvalue weighted by molar-refractivity contribution is 5.58. The van der Waals surface area contributed by atoms with Crippen LogP contribution in [0, 0.1) is 51.0 Å². The molecule has 2 N–H and O–H groups in total. The molecule has 26 heavy (non-hydrogen) atoms. The highest BCUT2D eigenvalue weighted by Gasteiger charge is 2.55. The van der Waals surface area contributed by atoms with E-state index >= 15 is 0 Å². The maximum Gasteiger partial charge on any atom is 0.191 e. The van der Waals surface area contributed by atoms with Gasteiger partial charge in [-0.25, -0.2) is 8.78 Å². The van der Waals surface area contributed by atoms with Crippen molar-refractivity contribution in [3.8, 4) is 18.2 Å². The molecule has 0 spiro atoms. The predicted octanol–water partition coefficient (Wildman–Crippen LogP) is 3.62. The van der Waals surface area contributed by atoms with Gasteiger partial charge in [-0.2, -0.15) is 15.8 Å². The molecule has 2 aromatic carbocycles. The van der Waals surface area contributed by atoms with Gasteiger partial charge in [0.2, 0.25) is 0 Å². The Morgan fingerprint density at radius 3 is 1.69 bits per heavy atom. The summed E-state index contributed by atoms with van der Waals surface area (Å²) in [5.74, 6) is -2.46. The van der Waals surface area contributed by atoms with E-state index in [1.165, 1.54) is 48.5 Å². The lowest BCUT2D eigenvalue weighted by Gasteiger charge is -2.28. The van der Waals surface area contributed by atoms with E-state index in [4.69, 9.17) is 5.73 Å². The number of hydrogen-bond donors (Lipinski definition) is 1. The van der Waals surface area contributed by atoms with Gasteiger partial charge in [0.1, 0.15) is 11.6 Å². The smallest absolute Gasteiger partial charge is 0.191 e. The molecule has 3 rings (SSSR count). The Bertz CT molecular complexity index is 988. The van der Waals surface area contributed by atoms with Crippen LogP contribution in [0.3, 0.4) is 0 Å². The summed E-state index contributed by atoms with van der Waals surface area (Å²) in [6.45, 7) is 0. The van der Waals surface area contributed by atoms with Gasteiger partial charge in [0.15, 0.2) is 5.41 Å². The minimum Gasteiger partial charge on any atom is -0.399 e. The number of halogens is 2. The van der Waals surface area contributed by atoms with Gasteiger partial charge < -0.3 is 5.73 Å². The Morgan fingerprint density at radius 2 is 1.27 bits per heavy atom. The fourth-order valence-corrected chi connectivity index (χ4v) is 3.52. The fraction of sp³-hybridized carbons (Fsp3) is 0.150. The van der Waals surface area contributed by atoms with Crippen molar-refractivity contribution in [2.45, 2.75) is 11.8 Å². The number of nitriles is 3. The largest absolute Gasteiger partial charge is 0.399 e. The third kappa shape index (κ3) is 2.39. The van der Waals surface area contributed by atoms with Crippen LogP contribution in [0.25, 0.3) is 0 Å². The van der Waals surface area contributed by atoms with Gasteiger partial charge >= 0.3 is 0 Å². The summed E-state index contributed by atoms with van der Waals surface area (Å²) in [5.41, 5.74) is 5.31. The Hall–Kier alpha value is -3.69. The van der Waals surface area contributed by atoms with Gasteiger partial charge in [-0.3, -0.25) is 0 Å². The predicted molar refractivity (Wildman–Crippen MR) is 88.8 cm³/mol. The molecule has 0 fully saturated rings. The number of hydrogen-bond acceptors (Lipinski definition) is 4. The molecule has 0 aromatic heterocycles. The van der Waals surface area contributed by atoms with E-state index in [0.29, 0.717) is 11.1 Å². The SMILES string of the molecule is N#CC1=C(N)C(C#N)(C#N)[C@H](c2ccc(F)cc2)[C@H]1c1ccc(F)cc1. The van der Waals surface area contributed by atoms with Crippen LogP contribution >= 0.6 is 0 Å². The molecular weight excluding hydrogens is 334 g/mol. The molecule has 0 bridgehead atoms. The maximum absolute atomic E-state index is 13.4. The number of nitrogens with zero attached hydrogens (tertiary/aromatic N) is 3. The van der Waals surface area contributed by atoms with Crippen molar-refractivity contribution in [2.24, 2.45) is 11.1 Å². The normalized spacial score (nSPS) is 20.9. The Morgan fingerprint density at radius 1 is 0.808 bits per heavy atom. The summed E-state index contributed by atoms with van der Waals surface area (Å²) in [7, 11) is 0. The Kier molecular flexibility index (Phi) is 4.16. The van der Waals surface area contributed by atoms with Crippen LogP contribution < -0.4 is 5.73 Å².